The van der Waals surface area contributed by atoms with Gasteiger partial charge in [0.2, 0.25) is 0 Å². The number of carbonyl (C=O) groups is 1. The molecule has 0 amide bonds. The van der Waals surface area contributed by atoms with E-state index in [2.05, 4.69) is 32.9 Å². The van der Waals surface area contributed by atoms with Crippen LogP contribution in [0.2, 0.25) is 0 Å². The summed E-state index contributed by atoms with van der Waals surface area (Å²) in [6.45, 7) is 6.31. The predicted octanol–water partition coefficient (Wildman–Crippen LogP) is 3.19. The summed E-state index contributed by atoms with van der Waals surface area (Å²) in [5.74, 6) is -0.877. The highest BCUT2D eigenvalue weighted by atomic mass is 16.4. The molecule has 0 unspecified atom stereocenters. The van der Waals surface area contributed by atoms with Crippen LogP contribution >= 0.6 is 0 Å². The molecule has 0 bridgehead atoms. The van der Waals surface area contributed by atoms with E-state index in [9.17, 15) is 4.79 Å². The number of aliphatic carboxylic acids is 1. The topological polar surface area (TPSA) is 37.3 Å². The Balaban J connectivity index is 2.71. The molecular weight excluding hydrogens is 200 g/mol. The van der Waals surface area contributed by atoms with Crippen LogP contribution in [-0.2, 0) is 11.2 Å². The highest BCUT2D eigenvalue weighted by Gasteiger charge is 2.02. The molecule has 0 fully saturated rings. The van der Waals surface area contributed by atoms with Gasteiger partial charge in [0.05, 0.1) is 0 Å². The molecule has 16 heavy (non-hydrogen) atoms. The first-order valence-corrected chi connectivity index (χ1v) is 5.47. The number of hydrogen-bond donors (Lipinski definition) is 1. The maximum atomic E-state index is 10.3. The second-order valence-corrected chi connectivity index (χ2v) is 4.16. The summed E-state index contributed by atoms with van der Waals surface area (Å²) in [4.78, 5) is 10.3. The molecule has 1 aromatic carbocycles. The third kappa shape index (κ3) is 3.54. The van der Waals surface area contributed by atoms with Crippen molar-refractivity contribution in [3.05, 3.63) is 46.5 Å². The zero-order valence-corrected chi connectivity index (χ0v) is 10.1. The third-order valence-electron chi connectivity index (χ3n) is 2.66. The standard InChI is InChI=1S/C14H18O2/c1-10-8-11(2)13(12(3)9-10)6-4-5-7-14(15)16/h5,7-9H,4,6H2,1-3H3,(H,15,16)/b7-5+. The first-order valence-electron chi connectivity index (χ1n) is 5.47. The average Bonchev–Trinajstić information content (AvgIpc) is 2.14. The minimum atomic E-state index is -0.877. The number of aryl methyl sites for hydroxylation is 3. The van der Waals surface area contributed by atoms with E-state index in [1.807, 2.05) is 0 Å². The summed E-state index contributed by atoms with van der Waals surface area (Å²) in [7, 11) is 0. The van der Waals surface area contributed by atoms with Gasteiger partial charge < -0.3 is 5.11 Å². The molecule has 0 aromatic heterocycles. The normalized spacial score (nSPS) is 10.9. The van der Waals surface area contributed by atoms with Crippen LogP contribution in [0.15, 0.2) is 24.3 Å². The average molecular weight is 218 g/mol. The van der Waals surface area contributed by atoms with Crippen molar-refractivity contribution < 1.29 is 9.90 Å². The van der Waals surface area contributed by atoms with Crippen molar-refractivity contribution in [3.8, 4) is 0 Å². The van der Waals surface area contributed by atoms with Crippen LogP contribution in [0.5, 0.6) is 0 Å². The number of carboxylic acids is 1. The van der Waals surface area contributed by atoms with Gasteiger partial charge >= 0.3 is 5.97 Å². The fraction of sp³-hybridized carbons (Fsp3) is 0.357. The van der Waals surface area contributed by atoms with E-state index in [1.165, 1.54) is 28.3 Å². The van der Waals surface area contributed by atoms with Crippen molar-refractivity contribution >= 4 is 5.97 Å². The summed E-state index contributed by atoms with van der Waals surface area (Å²) in [5.41, 5.74) is 5.20. The number of carboxylic acid groups (broad SMARTS) is 1. The van der Waals surface area contributed by atoms with Gasteiger partial charge in [-0.1, -0.05) is 23.8 Å². The van der Waals surface area contributed by atoms with E-state index in [0.717, 1.165) is 12.8 Å². The molecule has 86 valence electrons. The van der Waals surface area contributed by atoms with Gasteiger partial charge in [-0.05, 0) is 50.3 Å². The van der Waals surface area contributed by atoms with Crippen LogP contribution in [0, 0.1) is 20.8 Å². The molecule has 1 aromatic rings. The van der Waals surface area contributed by atoms with Crippen molar-refractivity contribution in [1.82, 2.24) is 0 Å². The minimum absolute atomic E-state index is 0.775. The Morgan fingerprint density at radius 3 is 2.31 bits per heavy atom. The van der Waals surface area contributed by atoms with Crippen LogP contribution in [0.25, 0.3) is 0 Å². The Kier molecular flexibility index (Phi) is 4.29. The van der Waals surface area contributed by atoms with Gasteiger partial charge in [-0.15, -0.1) is 0 Å². The Morgan fingerprint density at radius 2 is 1.81 bits per heavy atom. The van der Waals surface area contributed by atoms with Gasteiger partial charge in [0, 0.05) is 6.08 Å². The molecule has 2 heteroatoms. The number of allylic oxidation sites excluding steroid dienone is 1. The first kappa shape index (κ1) is 12.5. The Hall–Kier alpha value is -1.57. The Bertz CT molecular complexity index is 394. The van der Waals surface area contributed by atoms with Crippen LogP contribution in [-0.4, -0.2) is 11.1 Å². The van der Waals surface area contributed by atoms with E-state index in [-0.39, 0.29) is 0 Å². The summed E-state index contributed by atoms with van der Waals surface area (Å²) < 4.78 is 0. The molecule has 0 atom stereocenters. The highest BCUT2D eigenvalue weighted by molar-refractivity contribution is 5.79. The largest absolute Gasteiger partial charge is 0.478 e. The number of hydrogen-bond acceptors (Lipinski definition) is 1. The molecule has 0 spiro atoms. The monoisotopic (exact) mass is 218 g/mol. The summed E-state index contributed by atoms with van der Waals surface area (Å²) in [5, 5.41) is 8.47. The molecule has 1 N–H and O–H groups in total. The van der Waals surface area contributed by atoms with Gasteiger partial charge in [-0.25, -0.2) is 4.79 Å². The van der Waals surface area contributed by atoms with Gasteiger partial charge in [0.1, 0.15) is 0 Å². The predicted molar refractivity (Wildman–Crippen MR) is 65.7 cm³/mol. The zero-order valence-electron chi connectivity index (χ0n) is 10.1. The molecule has 1 rings (SSSR count). The number of benzene rings is 1. The van der Waals surface area contributed by atoms with Crippen LogP contribution in [0.3, 0.4) is 0 Å². The first-order chi connectivity index (χ1) is 7.50. The smallest absolute Gasteiger partial charge is 0.327 e. The van der Waals surface area contributed by atoms with Crippen LogP contribution in [0.4, 0.5) is 0 Å². The maximum absolute atomic E-state index is 10.3. The second kappa shape index (κ2) is 5.50. The lowest BCUT2D eigenvalue weighted by molar-refractivity contribution is -0.131. The lowest BCUT2D eigenvalue weighted by atomic mass is 9.96. The van der Waals surface area contributed by atoms with Crippen molar-refractivity contribution in [2.45, 2.75) is 33.6 Å². The van der Waals surface area contributed by atoms with E-state index < -0.39 is 5.97 Å². The molecule has 0 aliphatic rings. The minimum Gasteiger partial charge on any atom is -0.478 e. The van der Waals surface area contributed by atoms with Crippen molar-refractivity contribution in [2.75, 3.05) is 0 Å². The van der Waals surface area contributed by atoms with Crippen molar-refractivity contribution in [3.63, 3.8) is 0 Å². The lowest BCUT2D eigenvalue weighted by Gasteiger charge is -2.09. The van der Waals surface area contributed by atoms with Gasteiger partial charge in [-0.2, -0.15) is 0 Å². The van der Waals surface area contributed by atoms with Crippen LogP contribution < -0.4 is 0 Å². The molecule has 0 saturated carbocycles. The zero-order chi connectivity index (χ0) is 12.1. The maximum Gasteiger partial charge on any atom is 0.327 e. The van der Waals surface area contributed by atoms with E-state index in [0.29, 0.717) is 0 Å². The van der Waals surface area contributed by atoms with E-state index >= 15 is 0 Å². The molecule has 0 saturated heterocycles. The van der Waals surface area contributed by atoms with Crippen LogP contribution in [0.1, 0.15) is 28.7 Å². The van der Waals surface area contributed by atoms with Gasteiger partial charge in [0.15, 0.2) is 0 Å². The molecular formula is C14H18O2. The van der Waals surface area contributed by atoms with E-state index in [4.69, 9.17) is 5.11 Å². The molecule has 0 radical (unpaired) electrons. The SMILES string of the molecule is Cc1cc(C)c(CC/C=C/C(=O)O)c(C)c1. The third-order valence-corrected chi connectivity index (χ3v) is 2.66. The molecule has 0 aliphatic heterocycles. The van der Waals surface area contributed by atoms with Crippen molar-refractivity contribution in [1.29, 1.82) is 0 Å². The summed E-state index contributed by atoms with van der Waals surface area (Å²) in [6.07, 6.45) is 4.60. The lowest BCUT2D eigenvalue weighted by Crippen LogP contribution is -1.95. The van der Waals surface area contributed by atoms with E-state index in [1.54, 1.807) is 6.08 Å². The Morgan fingerprint density at radius 1 is 1.25 bits per heavy atom. The van der Waals surface area contributed by atoms with Gasteiger partial charge in [-0.3, -0.25) is 0 Å². The molecule has 2 nitrogen and oxygen atoms in total. The summed E-state index contributed by atoms with van der Waals surface area (Å²) in [6, 6.07) is 4.34. The van der Waals surface area contributed by atoms with Crippen molar-refractivity contribution in [2.24, 2.45) is 0 Å². The molecule has 0 aliphatic carbocycles. The highest BCUT2D eigenvalue weighted by Crippen LogP contribution is 2.18. The molecule has 0 heterocycles. The summed E-state index contributed by atoms with van der Waals surface area (Å²) >= 11 is 0. The second-order valence-electron chi connectivity index (χ2n) is 4.16. The fourth-order valence-electron chi connectivity index (χ4n) is 2.02. The number of rotatable bonds is 4. The Labute approximate surface area is 96.6 Å². The fourth-order valence-corrected chi connectivity index (χ4v) is 2.02. The van der Waals surface area contributed by atoms with Gasteiger partial charge in [0.25, 0.3) is 0 Å². The quantitative estimate of drug-likeness (QED) is 0.788.